The highest BCUT2D eigenvalue weighted by Gasteiger charge is 2.43. The molecule has 0 spiro atoms. The summed E-state index contributed by atoms with van der Waals surface area (Å²) in [5.74, 6) is -1.65. The van der Waals surface area contributed by atoms with Gasteiger partial charge in [0.2, 0.25) is 23.6 Å². The first-order valence-electron chi connectivity index (χ1n) is 19.4. The van der Waals surface area contributed by atoms with Crippen molar-refractivity contribution in [2.75, 3.05) is 41.9 Å². The number of likely N-dealkylation sites (N-methyl/N-ethyl adjacent to an activating group) is 2. The molecule has 0 radical (unpaired) electrons. The summed E-state index contributed by atoms with van der Waals surface area (Å²) in [6, 6.07) is -2.52. The molecule has 12 nitrogen and oxygen atoms in total. The van der Waals surface area contributed by atoms with E-state index in [0.29, 0.717) is 25.0 Å². The first-order chi connectivity index (χ1) is 24.9. The Bertz CT molecular complexity index is 1230. The van der Waals surface area contributed by atoms with Crippen LogP contribution in [-0.4, -0.2) is 134 Å². The lowest BCUT2D eigenvalue weighted by Gasteiger charge is -2.41. The molecule has 1 aliphatic rings. The fourth-order valence-corrected chi connectivity index (χ4v) is 7.79. The summed E-state index contributed by atoms with van der Waals surface area (Å²) in [6.45, 7) is 23.5. The van der Waals surface area contributed by atoms with Gasteiger partial charge in [0, 0.05) is 27.8 Å². The Balaban J connectivity index is 3.29. The number of methoxy groups -OCH3 is 2. The quantitative estimate of drug-likeness (QED) is 0.132. The van der Waals surface area contributed by atoms with Crippen molar-refractivity contribution in [3.8, 4) is 0 Å². The number of allylic oxidation sites excluding steroid dienone is 2. The Morgan fingerprint density at radius 3 is 2.00 bits per heavy atom. The van der Waals surface area contributed by atoms with Crippen molar-refractivity contribution >= 4 is 23.6 Å². The van der Waals surface area contributed by atoms with Crippen molar-refractivity contribution < 1.29 is 33.8 Å². The summed E-state index contributed by atoms with van der Waals surface area (Å²) in [5, 5.41) is 17.0. The topological polar surface area (TPSA) is 141 Å². The number of hydrogen-bond donors (Lipinski definition) is 3. The van der Waals surface area contributed by atoms with Crippen molar-refractivity contribution in [1.29, 1.82) is 0 Å². The van der Waals surface area contributed by atoms with E-state index < -0.39 is 48.4 Å². The van der Waals surface area contributed by atoms with Gasteiger partial charge in [-0.1, -0.05) is 93.2 Å². The smallest absolute Gasteiger partial charge is 0.245 e. The number of aliphatic hydroxyl groups is 1. The van der Waals surface area contributed by atoms with Crippen molar-refractivity contribution in [2.24, 2.45) is 23.7 Å². The molecule has 0 bridgehead atoms. The number of nitrogens with one attached hydrogen (secondary N) is 2. The molecule has 10 atom stereocenters. The zero-order chi connectivity index (χ0) is 40.7. The first-order valence-corrected chi connectivity index (χ1v) is 19.4. The van der Waals surface area contributed by atoms with Crippen LogP contribution in [0.1, 0.15) is 87.5 Å². The number of carbonyl (C=O) groups excluding carboxylic acids is 4. The molecule has 9 unspecified atom stereocenters. The second-order valence-corrected chi connectivity index (χ2v) is 15.5. The molecule has 1 heterocycles. The molecule has 4 amide bonds. The fraction of sp³-hybridized carbons (Fsp3) is 0.756. The standard InChI is InChI=1S/C41H73N5O7/c1-16-21-29(18-3)37(48)30(19-4)42-39(49)28(10)38(53-15)31-22-20-23-46(31)33(47)24-32(52-14)36(27(9)17-2)45(13)41(51)34(25(5)6)43-40(50)35(26(7)8)44(11)12/h16,18,21,25-28,30-32,34-38,48H,1,3,17,19-20,22-24H2,2,4-15H3,(H,42,49)(H,43,50)/b29-21+/t27?,28?,30?,31?,32?,34-,35?,36?,37?,38?/m0/s1. The average Bonchev–Trinajstić information content (AvgIpc) is 3.60. The number of likely N-dealkylation sites (tertiary alicyclic amines) is 1. The molecule has 0 aliphatic carbocycles. The third kappa shape index (κ3) is 12.8. The lowest BCUT2D eigenvalue weighted by molar-refractivity contribution is -0.148. The zero-order valence-corrected chi connectivity index (χ0v) is 35.1. The summed E-state index contributed by atoms with van der Waals surface area (Å²) < 4.78 is 12.0. The summed E-state index contributed by atoms with van der Waals surface area (Å²) in [5.41, 5.74) is 0.556. The zero-order valence-electron chi connectivity index (χ0n) is 35.1. The number of aliphatic hydroxyl groups excluding tert-OH is 1. The van der Waals surface area contributed by atoms with Crippen molar-refractivity contribution in [1.82, 2.24) is 25.3 Å². The van der Waals surface area contributed by atoms with Gasteiger partial charge in [-0.2, -0.15) is 0 Å². The Morgan fingerprint density at radius 2 is 1.55 bits per heavy atom. The van der Waals surface area contributed by atoms with Gasteiger partial charge in [-0.15, -0.1) is 0 Å². The van der Waals surface area contributed by atoms with Crippen molar-refractivity contribution in [3.63, 3.8) is 0 Å². The minimum atomic E-state index is -0.964. The highest BCUT2D eigenvalue weighted by atomic mass is 16.5. The van der Waals surface area contributed by atoms with E-state index in [2.05, 4.69) is 23.8 Å². The van der Waals surface area contributed by atoms with Crippen LogP contribution in [0.5, 0.6) is 0 Å². The molecular weight excluding hydrogens is 674 g/mol. The predicted octanol–water partition coefficient (Wildman–Crippen LogP) is 4.19. The van der Waals surface area contributed by atoms with Crippen LogP contribution in [-0.2, 0) is 28.7 Å². The lowest BCUT2D eigenvalue weighted by Crippen LogP contribution is -2.59. The average molecular weight is 748 g/mol. The van der Waals surface area contributed by atoms with Crippen LogP contribution in [0, 0.1) is 23.7 Å². The van der Waals surface area contributed by atoms with Crippen LogP contribution < -0.4 is 10.6 Å². The predicted molar refractivity (Wildman–Crippen MR) is 212 cm³/mol. The molecule has 0 aromatic carbocycles. The van der Waals surface area contributed by atoms with E-state index in [4.69, 9.17) is 9.47 Å². The van der Waals surface area contributed by atoms with Crippen LogP contribution in [0.15, 0.2) is 37.0 Å². The highest BCUT2D eigenvalue weighted by Crippen LogP contribution is 2.30. The van der Waals surface area contributed by atoms with E-state index in [1.54, 1.807) is 56.2 Å². The molecule has 1 saturated heterocycles. The van der Waals surface area contributed by atoms with Crippen LogP contribution in [0.4, 0.5) is 0 Å². The van der Waals surface area contributed by atoms with Gasteiger partial charge >= 0.3 is 0 Å². The van der Waals surface area contributed by atoms with Gasteiger partial charge in [0.1, 0.15) is 6.04 Å². The fourth-order valence-electron chi connectivity index (χ4n) is 7.79. The molecule has 12 heteroatoms. The molecule has 1 rings (SSSR count). The Hall–Kier alpha value is -3.06. The summed E-state index contributed by atoms with van der Waals surface area (Å²) >= 11 is 0. The van der Waals surface area contributed by atoms with Crippen LogP contribution in [0.2, 0.25) is 0 Å². The third-order valence-corrected chi connectivity index (χ3v) is 11.0. The van der Waals surface area contributed by atoms with Gasteiger partial charge < -0.3 is 35.0 Å². The summed E-state index contributed by atoms with van der Waals surface area (Å²) in [4.78, 5) is 60.7. The normalized spacial score (nSPS) is 20.2. The third-order valence-electron chi connectivity index (χ3n) is 11.0. The maximum atomic E-state index is 14.2. The number of ether oxygens (including phenoxy) is 2. The second kappa shape index (κ2) is 23.0. The van der Waals surface area contributed by atoms with Gasteiger partial charge in [0.25, 0.3) is 0 Å². The Labute approximate surface area is 320 Å². The summed E-state index contributed by atoms with van der Waals surface area (Å²) in [6.07, 6.45) is 5.25. The molecule has 53 heavy (non-hydrogen) atoms. The van der Waals surface area contributed by atoms with E-state index >= 15 is 0 Å². The van der Waals surface area contributed by atoms with Crippen LogP contribution >= 0.6 is 0 Å². The monoisotopic (exact) mass is 748 g/mol. The summed E-state index contributed by atoms with van der Waals surface area (Å²) in [7, 11) is 8.55. The second-order valence-electron chi connectivity index (χ2n) is 15.5. The minimum absolute atomic E-state index is 0.0231. The number of carbonyl (C=O) groups is 4. The Kier molecular flexibility index (Phi) is 20.8. The van der Waals surface area contributed by atoms with Crippen molar-refractivity contribution in [2.45, 2.75) is 136 Å². The van der Waals surface area contributed by atoms with Crippen LogP contribution in [0.3, 0.4) is 0 Å². The largest absolute Gasteiger partial charge is 0.386 e. The van der Waals surface area contributed by atoms with Gasteiger partial charge in [-0.25, -0.2) is 0 Å². The van der Waals surface area contributed by atoms with Gasteiger partial charge in [0.05, 0.1) is 54.8 Å². The number of rotatable bonds is 23. The number of hydrogen-bond acceptors (Lipinski definition) is 8. The molecule has 3 N–H and O–H groups in total. The SMILES string of the molecule is C=C/C=C(\C=C)C(O)C(CC)NC(=O)C(C)C(OC)C1CCCN1C(=O)CC(OC)C(C(C)CC)N(C)C(=O)[C@@H](NC(=O)C(C(C)C)N(C)C)C(C)C. The van der Waals surface area contributed by atoms with E-state index in [1.165, 1.54) is 0 Å². The van der Waals surface area contributed by atoms with E-state index in [-0.39, 0.29) is 53.8 Å². The molecule has 1 fully saturated rings. The molecule has 0 aromatic heterocycles. The lowest BCUT2D eigenvalue weighted by atomic mass is 9.89. The van der Waals surface area contributed by atoms with Crippen molar-refractivity contribution in [3.05, 3.63) is 37.0 Å². The highest BCUT2D eigenvalue weighted by molar-refractivity contribution is 5.90. The van der Waals surface area contributed by atoms with E-state index in [1.807, 2.05) is 67.5 Å². The first kappa shape index (κ1) is 48.0. The molecule has 1 aliphatic heterocycles. The van der Waals surface area contributed by atoms with Gasteiger partial charge in [0.15, 0.2) is 0 Å². The minimum Gasteiger partial charge on any atom is -0.386 e. The maximum absolute atomic E-state index is 14.2. The van der Waals surface area contributed by atoms with Gasteiger partial charge in [-0.3, -0.25) is 24.1 Å². The molecule has 304 valence electrons. The molecule has 0 saturated carbocycles. The number of amides is 4. The molecule has 0 aromatic rings. The maximum Gasteiger partial charge on any atom is 0.245 e. The Morgan fingerprint density at radius 1 is 0.925 bits per heavy atom. The van der Waals surface area contributed by atoms with Gasteiger partial charge in [-0.05, 0) is 56.7 Å². The molecular formula is C41H73N5O7. The van der Waals surface area contributed by atoms with E-state index in [9.17, 15) is 24.3 Å². The van der Waals surface area contributed by atoms with Crippen LogP contribution in [0.25, 0.3) is 0 Å². The van der Waals surface area contributed by atoms with E-state index in [0.717, 1.165) is 12.8 Å². The number of nitrogens with zero attached hydrogens (tertiary/aromatic N) is 3.